The third-order valence-electron chi connectivity index (χ3n) is 4.23. The minimum Gasteiger partial charge on any atom is -0.637 e. The van der Waals surface area contributed by atoms with Gasteiger partial charge in [0.1, 0.15) is 17.2 Å². The molecule has 2 aromatic rings. The molecule has 0 bridgehead atoms. The minimum atomic E-state index is -3.04. The summed E-state index contributed by atoms with van der Waals surface area (Å²) in [6.07, 6.45) is -0.195. The number of methoxy groups -OCH3 is 1. The SMILES string of the molecule is COc1ccc([P+]2([O-])O[C@H](c3ccccc3)[C@@H](C)N2C)cc1. The molecular weight excluding hydrogens is 297 g/mol. The Kier molecular flexibility index (Phi) is 4.20. The van der Waals surface area contributed by atoms with E-state index in [9.17, 15) is 4.89 Å². The van der Waals surface area contributed by atoms with Crippen LogP contribution in [0.25, 0.3) is 0 Å². The lowest BCUT2D eigenvalue weighted by atomic mass is 10.0. The van der Waals surface area contributed by atoms with Gasteiger partial charge in [0.15, 0.2) is 0 Å². The summed E-state index contributed by atoms with van der Waals surface area (Å²) in [6.45, 7) is 2.04. The van der Waals surface area contributed by atoms with Gasteiger partial charge in [-0.05, 0) is 36.8 Å². The van der Waals surface area contributed by atoms with Crippen LogP contribution in [-0.2, 0) is 4.52 Å². The normalized spacial score (nSPS) is 28.7. The van der Waals surface area contributed by atoms with Crippen LogP contribution in [0.15, 0.2) is 54.6 Å². The van der Waals surface area contributed by atoms with Crippen LogP contribution >= 0.6 is 7.87 Å². The first-order valence-corrected chi connectivity index (χ1v) is 8.85. The van der Waals surface area contributed by atoms with Crippen LogP contribution in [0.1, 0.15) is 18.6 Å². The van der Waals surface area contributed by atoms with Crippen molar-refractivity contribution in [2.75, 3.05) is 14.2 Å². The van der Waals surface area contributed by atoms with Crippen molar-refractivity contribution < 1.29 is 14.2 Å². The maximum absolute atomic E-state index is 13.4. The molecule has 0 aromatic heterocycles. The minimum absolute atomic E-state index is 0.0373. The second-order valence-electron chi connectivity index (χ2n) is 5.47. The van der Waals surface area contributed by atoms with E-state index in [1.807, 2.05) is 73.2 Å². The van der Waals surface area contributed by atoms with E-state index in [1.165, 1.54) is 0 Å². The highest BCUT2D eigenvalue weighted by atomic mass is 31.2. The molecule has 5 heteroatoms. The third kappa shape index (κ3) is 2.53. The largest absolute Gasteiger partial charge is 0.637 e. The molecule has 1 aliphatic heterocycles. The highest BCUT2D eigenvalue weighted by molar-refractivity contribution is 7.69. The second-order valence-corrected chi connectivity index (χ2v) is 7.87. The maximum atomic E-state index is 13.4. The predicted molar refractivity (Wildman–Crippen MR) is 87.0 cm³/mol. The average Bonchev–Trinajstić information content (AvgIpc) is 2.81. The quantitative estimate of drug-likeness (QED) is 0.816. The van der Waals surface area contributed by atoms with Crippen molar-refractivity contribution in [1.29, 1.82) is 0 Å². The van der Waals surface area contributed by atoms with Gasteiger partial charge < -0.3 is 9.63 Å². The Balaban J connectivity index is 1.93. The van der Waals surface area contributed by atoms with Crippen molar-refractivity contribution in [3.05, 3.63) is 60.2 Å². The Bertz CT molecular complexity index is 634. The number of benzene rings is 2. The molecule has 0 aliphatic carbocycles. The molecule has 1 saturated heterocycles. The van der Waals surface area contributed by atoms with E-state index in [4.69, 9.17) is 9.26 Å². The Labute approximate surface area is 131 Å². The highest BCUT2D eigenvalue weighted by Crippen LogP contribution is 2.64. The molecule has 0 N–H and O–H groups in total. The van der Waals surface area contributed by atoms with Crippen LogP contribution in [0, 0.1) is 0 Å². The fourth-order valence-electron chi connectivity index (χ4n) is 2.75. The molecule has 0 radical (unpaired) electrons. The van der Waals surface area contributed by atoms with Crippen molar-refractivity contribution in [2.45, 2.75) is 19.1 Å². The van der Waals surface area contributed by atoms with Crippen LogP contribution in [0.4, 0.5) is 0 Å². The van der Waals surface area contributed by atoms with Crippen molar-refractivity contribution >= 4 is 13.2 Å². The van der Waals surface area contributed by atoms with Gasteiger partial charge in [-0.3, -0.25) is 0 Å². The van der Waals surface area contributed by atoms with E-state index in [2.05, 4.69) is 0 Å². The Morgan fingerprint density at radius 1 is 1.09 bits per heavy atom. The van der Waals surface area contributed by atoms with Gasteiger partial charge in [0.2, 0.25) is 7.87 Å². The predicted octanol–water partition coefficient (Wildman–Crippen LogP) is 2.54. The van der Waals surface area contributed by atoms with Crippen molar-refractivity contribution in [3.8, 4) is 5.75 Å². The Hall–Kier alpha value is -1.45. The van der Waals surface area contributed by atoms with Crippen molar-refractivity contribution in [1.82, 2.24) is 4.67 Å². The molecule has 3 rings (SSSR count). The molecule has 2 aromatic carbocycles. The maximum Gasteiger partial charge on any atom is 0.208 e. The fourth-order valence-corrected chi connectivity index (χ4v) is 5.11. The Morgan fingerprint density at radius 2 is 1.73 bits per heavy atom. The lowest BCUT2D eigenvalue weighted by Crippen LogP contribution is -2.34. The van der Waals surface area contributed by atoms with Crippen LogP contribution in [0.5, 0.6) is 5.75 Å². The van der Waals surface area contributed by atoms with Gasteiger partial charge in [0.25, 0.3) is 0 Å². The lowest BCUT2D eigenvalue weighted by Gasteiger charge is -2.30. The van der Waals surface area contributed by atoms with E-state index < -0.39 is 7.87 Å². The average molecular weight is 317 g/mol. The van der Waals surface area contributed by atoms with Crippen LogP contribution in [0.3, 0.4) is 0 Å². The summed E-state index contributed by atoms with van der Waals surface area (Å²) in [6, 6.07) is 17.2. The van der Waals surface area contributed by atoms with Gasteiger partial charge in [-0.25, -0.2) is 4.52 Å². The smallest absolute Gasteiger partial charge is 0.208 e. The zero-order chi connectivity index (χ0) is 15.7. The molecule has 3 atom stereocenters. The number of ether oxygens (including phenoxy) is 1. The van der Waals surface area contributed by atoms with E-state index in [1.54, 1.807) is 7.11 Å². The molecular formula is C17H20NO3P. The van der Waals surface area contributed by atoms with Gasteiger partial charge in [0, 0.05) is 7.05 Å². The molecule has 0 saturated carbocycles. The zero-order valence-electron chi connectivity index (χ0n) is 13.0. The number of hydrogen-bond acceptors (Lipinski definition) is 4. The molecule has 22 heavy (non-hydrogen) atoms. The molecule has 1 fully saturated rings. The summed E-state index contributed by atoms with van der Waals surface area (Å²) in [5, 5.41) is 0.695. The zero-order valence-corrected chi connectivity index (χ0v) is 13.9. The van der Waals surface area contributed by atoms with E-state index in [-0.39, 0.29) is 12.1 Å². The third-order valence-corrected chi connectivity index (χ3v) is 6.88. The first-order valence-electron chi connectivity index (χ1n) is 7.27. The molecule has 1 unspecified atom stereocenters. The number of rotatable bonds is 3. The second kappa shape index (κ2) is 5.98. The highest BCUT2D eigenvalue weighted by Gasteiger charge is 2.52. The van der Waals surface area contributed by atoms with Gasteiger partial charge in [-0.15, -0.1) is 4.67 Å². The summed E-state index contributed by atoms with van der Waals surface area (Å²) in [5.74, 6) is 0.741. The summed E-state index contributed by atoms with van der Waals surface area (Å²) in [7, 11) is 0.430. The first-order chi connectivity index (χ1) is 10.6. The van der Waals surface area contributed by atoms with Gasteiger partial charge in [0.05, 0.1) is 13.2 Å². The monoisotopic (exact) mass is 317 g/mol. The summed E-state index contributed by atoms with van der Waals surface area (Å²) in [5.41, 5.74) is 1.05. The fraction of sp³-hybridized carbons (Fsp3) is 0.294. The van der Waals surface area contributed by atoms with E-state index in [0.717, 1.165) is 11.3 Å². The van der Waals surface area contributed by atoms with Crippen molar-refractivity contribution in [3.63, 3.8) is 0 Å². The van der Waals surface area contributed by atoms with Crippen LogP contribution < -0.4 is 14.9 Å². The lowest BCUT2D eigenvalue weighted by molar-refractivity contribution is -0.195. The molecule has 1 aliphatic rings. The number of hydrogen-bond donors (Lipinski definition) is 0. The topological polar surface area (TPSA) is 44.8 Å². The molecule has 4 nitrogen and oxygen atoms in total. The van der Waals surface area contributed by atoms with Gasteiger partial charge in [-0.1, -0.05) is 30.3 Å². The molecule has 1 heterocycles. The number of likely N-dealkylation sites (N-methyl/N-ethyl adjacent to an activating group) is 1. The molecule has 0 amide bonds. The van der Waals surface area contributed by atoms with Gasteiger partial charge in [-0.2, -0.15) is 0 Å². The summed E-state index contributed by atoms with van der Waals surface area (Å²) < 4.78 is 13.1. The van der Waals surface area contributed by atoms with Gasteiger partial charge >= 0.3 is 0 Å². The standard InChI is InChI=1S/C17H20NO3P/c1-13-17(14-7-5-4-6-8-14)21-22(19,18(13)2)16-11-9-15(20-3)10-12-16/h4-13,17H,1-3H3/t13-,17+,22?/m1/s1. The van der Waals surface area contributed by atoms with Crippen LogP contribution in [0.2, 0.25) is 0 Å². The first kappa shape index (κ1) is 15.4. The summed E-state index contributed by atoms with van der Waals surface area (Å²) >= 11 is 0. The Morgan fingerprint density at radius 3 is 2.32 bits per heavy atom. The summed E-state index contributed by atoms with van der Waals surface area (Å²) in [4.78, 5) is 13.4. The number of nitrogens with zero attached hydrogens (tertiary/aromatic N) is 1. The molecule has 0 spiro atoms. The van der Waals surface area contributed by atoms with E-state index in [0.29, 0.717) is 5.30 Å². The van der Waals surface area contributed by atoms with E-state index >= 15 is 0 Å². The molecule has 116 valence electrons. The van der Waals surface area contributed by atoms with Crippen LogP contribution in [-0.4, -0.2) is 24.9 Å². The van der Waals surface area contributed by atoms with Crippen molar-refractivity contribution in [2.24, 2.45) is 0 Å².